The number of benzene rings is 1. The lowest BCUT2D eigenvalue weighted by Gasteiger charge is -2.24. The van der Waals surface area contributed by atoms with Gasteiger partial charge in [-0.15, -0.1) is 0 Å². The van der Waals surface area contributed by atoms with Crippen LogP contribution in [-0.4, -0.2) is 39.5 Å². The zero-order valence-corrected chi connectivity index (χ0v) is 18.9. The van der Waals surface area contributed by atoms with Gasteiger partial charge < -0.3 is 15.4 Å². The molecule has 0 aliphatic heterocycles. The number of hydrogen-bond donors (Lipinski definition) is 2. The van der Waals surface area contributed by atoms with Gasteiger partial charge in [0.15, 0.2) is 12.3 Å². The molecule has 0 atom stereocenters. The number of H-pyrrole nitrogens is 1. The largest absolute Gasteiger partial charge is 0.452 e. The third-order valence-corrected chi connectivity index (χ3v) is 4.99. The van der Waals surface area contributed by atoms with Crippen LogP contribution in [0, 0.1) is 10.1 Å². The SMILES string of the molecule is CCCCN(C(=O)COC(=O)c1ccc([N+](=O)[O-])cc1Cl)c1c(N)n(CCC)c(=O)[nH]c1=O. The second-order valence-electron chi connectivity index (χ2n) is 7.04. The van der Waals surface area contributed by atoms with Crippen molar-refractivity contribution in [2.24, 2.45) is 0 Å². The van der Waals surface area contributed by atoms with E-state index in [9.17, 15) is 29.3 Å². The second kappa shape index (κ2) is 11.3. The van der Waals surface area contributed by atoms with Crippen molar-refractivity contribution in [3.05, 3.63) is 59.7 Å². The van der Waals surface area contributed by atoms with Crippen LogP contribution in [0.3, 0.4) is 0 Å². The number of non-ortho nitro benzene ring substituents is 1. The zero-order chi connectivity index (χ0) is 24.7. The summed E-state index contributed by atoms with van der Waals surface area (Å²) in [5.74, 6) is -1.88. The molecule has 1 amide bonds. The summed E-state index contributed by atoms with van der Waals surface area (Å²) in [7, 11) is 0. The normalized spacial score (nSPS) is 10.6. The van der Waals surface area contributed by atoms with Crippen LogP contribution in [0.4, 0.5) is 17.2 Å². The van der Waals surface area contributed by atoms with Gasteiger partial charge in [-0.3, -0.25) is 29.3 Å². The lowest BCUT2D eigenvalue weighted by Crippen LogP contribution is -2.43. The molecule has 12 nitrogen and oxygen atoms in total. The fourth-order valence-electron chi connectivity index (χ4n) is 3.03. The van der Waals surface area contributed by atoms with E-state index in [1.807, 2.05) is 13.8 Å². The second-order valence-corrected chi connectivity index (χ2v) is 7.45. The van der Waals surface area contributed by atoms with E-state index in [1.54, 1.807) is 0 Å². The van der Waals surface area contributed by atoms with Gasteiger partial charge in [-0.05, 0) is 18.9 Å². The molecule has 0 saturated heterocycles. The monoisotopic (exact) mass is 481 g/mol. The first-order chi connectivity index (χ1) is 15.6. The average molecular weight is 482 g/mol. The van der Waals surface area contributed by atoms with E-state index < -0.39 is 34.7 Å². The number of nitro groups is 1. The van der Waals surface area contributed by atoms with Crippen LogP contribution in [0.2, 0.25) is 5.02 Å². The zero-order valence-electron chi connectivity index (χ0n) is 18.1. The molecule has 33 heavy (non-hydrogen) atoms. The number of rotatable bonds is 10. The lowest BCUT2D eigenvalue weighted by molar-refractivity contribution is -0.384. The number of unbranched alkanes of at least 4 members (excludes halogenated alkanes) is 1. The number of carbonyl (C=O) groups excluding carboxylic acids is 2. The molecule has 1 aromatic carbocycles. The lowest BCUT2D eigenvalue weighted by atomic mass is 10.2. The molecule has 0 aliphatic rings. The predicted molar refractivity (Wildman–Crippen MR) is 122 cm³/mol. The summed E-state index contributed by atoms with van der Waals surface area (Å²) in [6.07, 6.45) is 1.76. The van der Waals surface area contributed by atoms with E-state index in [-0.39, 0.29) is 40.9 Å². The molecule has 2 rings (SSSR count). The highest BCUT2D eigenvalue weighted by atomic mass is 35.5. The molecular formula is C20H24ClN5O7. The van der Waals surface area contributed by atoms with Crippen molar-refractivity contribution >= 4 is 40.7 Å². The molecule has 0 radical (unpaired) electrons. The topological polar surface area (TPSA) is 171 Å². The Labute approximate surface area is 193 Å². The van der Waals surface area contributed by atoms with Crippen LogP contribution in [0.15, 0.2) is 27.8 Å². The number of nitro benzene ring substituents is 1. The van der Waals surface area contributed by atoms with Gasteiger partial charge in [-0.2, -0.15) is 0 Å². The van der Waals surface area contributed by atoms with Crippen molar-refractivity contribution in [2.75, 3.05) is 23.8 Å². The number of anilines is 2. The molecule has 0 fully saturated rings. The van der Waals surface area contributed by atoms with Crippen molar-refractivity contribution in [1.29, 1.82) is 0 Å². The third-order valence-electron chi connectivity index (χ3n) is 4.68. The Hall–Kier alpha value is -3.67. The Morgan fingerprint density at radius 3 is 2.55 bits per heavy atom. The smallest absolute Gasteiger partial charge is 0.340 e. The summed E-state index contributed by atoms with van der Waals surface area (Å²) >= 11 is 5.92. The maximum Gasteiger partial charge on any atom is 0.340 e. The quantitative estimate of drug-likeness (QED) is 0.295. The standard InChI is InChI=1S/C20H24ClN5O7/c1-3-5-9-24(16-17(22)25(8-4-2)20(30)23-18(16)28)15(27)11-33-19(29)13-7-6-12(26(31)32)10-14(13)21/h6-7,10H,3-5,8-9,11,22H2,1-2H3,(H,23,28,30). The van der Waals surface area contributed by atoms with E-state index in [1.165, 1.54) is 0 Å². The van der Waals surface area contributed by atoms with Gasteiger partial charge in [-0.25, -0.2) is 9.59 Å². The van der Waals surface area contributed by atoms with E-state index in [4.69, 9.17) is 22.1 Å². The molecular weight excluding hydrogens is 458 g/mol. The Balaban J connectivity index is 2.30. The molecule has 2 aromatic rings. The summed E-state index contributed by atoms with van der Waals surface area (Å²) < 4.78 is 6.19. The first kappa shape index (κ1) is 25.6. The summed E-state index contributed by atoms with van der Waals surface area (Å²) in [4.78, 5) is 63.2. The number of nitrogens with two attached hydrogens (primary N) is 1. The van der Waals surface area contributed by atoms with Crippen molar-refractivity contribution in [3.63, 3.8) is 0 Å². The highest BCUT2D eigenvalue weighted by molar-refractivity contribution is 6.33. The van der Waals surface area contributed by atoms with Gasteiger partial charge in [0.05, 0.1) is 15.5 Å². The van der Waals surface area contributed by atoms with Gasteiger partial charge >= 0.3 is 11.7 Å². The number of aromatic amines is 1. The molecule has 1 aromatic heterocycles. The highest BCUT2D eigenvalue weighted by Gasteiger charge is 2.25. The van der Waals surface area contributed by atoms with E-state index >= 15 is 0 Å². The van der Waals surface area contributed by atoms with Crippen LogP contribution in [0.25, 0.3) is 0 Å². The summed E-state index contributed by atoms with van der Waals surface area (Å²) in [6, 6.07) is 3.19. The molecule has 13 heteroatoms. The van der Waals surface area contributed by atoms with Crippen LogP contribution in [0.5, 0.6) is 0 Å². The number of esters is 1. The summed E-state index contributed by atoms with van der Waals surface area (Å²) in [6.45, 7) is 3.28. The molecule has 0 spiro atoms. The van der Waals surface area contributed by atoms with Crippen molar-refractivity contribution in [3.8, 4) is 0 Å². The minimum Gasteiger partial charge on any atom is -0.452 e. The Morgan fingerprint density at radius 1 is 1.27 bits per heavy atom. The van der Waals surface area contributed by atoms with Gasteiger partial charge in [-0.1, -0.05) is 31.9 Å². The van der Waals surface area contributed by atoms with Crippen LogP contribution in [-0.2, 0) is 16.1 Å². The number of carbonyl (C=O) groups is 2. The summed E-state index contributed by atoms with van der Waals surface area (Å²) in [5.41, 5.74) is 3.86. The molecule has 0 unspecified atom stereocenters. The molecule has 1 heterocycles. The number of amides is 1. The first-order valence-corrected chi connectivity index (χ1v) is 10.5. The van der Waals surface area contributed by atoms with Crippen LogP contribution < -0.4 is 21.9 Å². The van der Waals surface area contributed by atoms with Gasteiger partial charge in [0.1, 0.15) is 5.82 Å². The Kier molecular flexibility index (Phi) is 8.74. The minimum atomic E-state index is -0.975. The number of nitrogens with zero attached hydrogens (tertiary/aromatic N) is 3. The Bertz CT molecular complexity index is 1170. The van der Waals surface area contributed by atoms with Crippen molar-refractivity contribution in [2.45, 2.75) is 39.7 Å². The fourth-order valence-corrected chi connectivity index (χ4v) is 3.28. The number of nitrogens with one attached hydrogen (secondary N) is 1. The van der Waals surface area contributed by atoms with E-state index in [2.05, 4.69) is 4.98 Å². The predicted octanol–water partition coefficient (Wildman–Crippen LogP) is 2.08. The highest BCUT2D eigenvalue weighted by Crippen LogP contribution is 2.23. The molecule has 178 valence electrons. The van der Waals surface area contributed by atoms with E-state index in [0.717, 1.165) is 27.7 Å². The number of aromatic nitrogens is 2. The Morgan fingerprint density at radius 2 is 1.97 bits per heavy atom. The fraction of sp³-hybridized carbons (Fsp3) is 0.400. The number of nitrogen functional groups attached to an aromatic ring is 1. The van der Waals surface area contributed by atoms with Crippen molar-refractivity contribution in [1.82, 2.24) is 9.55 Å². The third kappa shape index (κ3) is 5.98. The molecule has 0 aliphatic carbocycles. The number of ether oxygens (including phenoxy) is 1. The van der Waals surface area contributed by atoms with Gasteiger partial charge in [0.25, 0.3) is 17.2 Å². The molecule has 0 bridgehead atoms. The maximum absolute atomic E-state index is 12.9. The van der Waals surface area contributed by atoms with Gasteiger partial charge in [0.2, 0.25) is 0 Å². The minimum absolute atomic E-state index is 0.1000. The number of halogens is 1. The maximum atomic E-state index is 12.9. The number of hydrogen-bond acceptors (Lipinski definition) is 8. The van der Waals surface area contributed by atoms with E-state index in [0.29, 0.717) is 19.3 Å². The summed E-state index contributed by atoms with van der Waals surface area (Å²) in [5, 5.41) is 10.6. The average Bonchev–Trinajstić information content (AvgIpc) is 2.76. The molecule has 3 N–H and O–H groups in total. The van der Waals surface area contributed by atoms with Crippen LogP contribution in [0.1, 0.15) is 43.5 Å². The van der Waals surface area contributed by atoms with Crippen LogP contribution >= 0.6 is 11.6 Å². The first-order valence-electron chi connectivity index (χ1n) is 10.2. The molecule has 0 saturated carbocycles. The van der Waals surface area contributed by atoms with Gasteiger partial charge in [0, 0.05) is 25.2 Å². The van der Waals surface area contributed by atoms with Crippen molar-refractivity contribution < 1.29 is 19.2 Å².